The summed E-state index contributed by atoms with van der Waals surface area (Å²) in [6, 6.07) is 6.92. The lowest BCUT2D eigenvalue weighted by atomic mass is 9.99. The molecule has 0 unspecified atom stereocenters. The van der Waals surface area contributed by atoms with Crippen LogP contribution >= 0.6 is 11.3 Å². The Kier molecular flexibility index (Phi) is 3.24. The van der Waals surface area contributed by atoms with E-state index in [2.05, 4.69) is 47.2 Å². The van der Waals surface area contributed by atoms with Crippen molar-refractivity contribution >= 4 is 27.5 Å². The minimum Gasteiger partial charge on any atom is -0.336 e. The predicted octanol–water partition coefficient (Wildman–Crippen LogP) is 2.96. The maximum absolute atomic E-state index is 12.7. The first-order valence-corrected chi connectivity index (χ1v) is 8.82. The van der Waals surface area contributed by atoms with Gasteiger partial charge in [-0.3, -0.25) is 4.79 Å². The SMILES string of the molecule is C[C@@H]1CN[C@@H](c2ccc3scnc3c2)CN1C(=O)C1(C)CC1. The number of nitrogens with zero attached hydrogens (tertiary/aromatic N) is 2. The normalized spacial score (nSPS) is 27.1. The molecule has 4 nitrogen and oxygen atoms in total. The first kappa shape index (κ1) is 14.2. The van der Waals surface area contributed by atoms with Crippen LogP contribution in [0.15, 0.2) is 23.7 Å². The Labute approximate surface area is 134 Å². The van der Waals surface area contributed by atoms with E-state index in [1.165, 1.54) is 10.3 Å². The number of carbonyl (C=O) groups excluding carboxylic acids is 1. The number of rotatable bonds is 2. The lowest BCUT2D eigenvalue weighted by molar-refractivity contribution is -0.140. The Hall–Kier alpha value is -1.46. The van der Waals surface area contributed by atoms with Crippen molar-refractivity contribution in [1.29, 1.82) is 0 Å². The Balaban J connectivity index is 1.58. The molecule has 0 radical (unpaired) electrons. The number of hydrogen-bond acceptors (Lipinski definition) is 4. The zero-order valence-electron chi connectivity index (χ0n) is 13.0. The van der Waals surface area contributed by atoms with Crippen molar-refractivity contribution in [2.45, 2.75) is 38.8 Å². The van der Waals surface area contributed by atoms with Gasteiger partial charge in [-0.1, -0.05) is 13.0 Å². The molecule has 1 amide bonds. The van der Waals surface area contributed by atoms with Gasteiger partial charge in [-0.2, -0.15) is 0 Å². The van der Waals surface area contributed by atoms with E-state index >= 15 is 0 Å². The number of carbonyl (C=O) groups is 1. The van der Waals surface area contributed by atoms with E-state index in [-0.39, 0.29) is 17.5 Å². The quantitative estimate of drug-likeness (QED) is 0.927. The topological polar surface area (TPSA) is 45.2 Å². The summed E-state index contributed by atoms with van der Waals surface area (Å²) in [5.41, 5.74) is 4.07. The molecule has 0 bridgehead atoms. The molecule has 0 spiro atoms. The van der Waals surface area contributed by atoms with Gasteiger partial charge >= 0.3 is 0 Å². The zero-order chi connectivity index (χ0) is 15.3. The van der Waals surface area contributed by atoms with Crippen molar-refractivity contribution in [3.63, 3.8) is 0 Å². The molecule has 2 aromatic rings. The van der Waals surface area contributed by atoms with Gasteiger partial charge in [0.05, 0.1) is 21.8 Å². The highest BCUT2D eigenvalue weighted by atomic mass is 32.1. The average Bonchev–Trinajstić information content (AvgIpc) is 3.11. The Bertz CT molecular complexity index is 722. The van der Waals surface area contributed by atoms with Crippen molar-refractivity contribution in [2.24, 2.45) is 5.41 Å². The van der Waals surface area contributed by atoms with Crippen LogP contribution in [0.5, 0.6) is 0 Å². The average molecular weight is 315 g/mol. The molecule has 22 heavy (non-hydrogen) atoms. The minimum atomic E-state index is -0.0883. The van der Waals surface area contributed by atoms with Gasteiger partial charge in [-0.05, 0) is 37.5 Å². The van der Waals surface area contributed by atoms with E-state index < -0.39 is 0 Å². The van der Waals surface area contributed by atoms with Gasteiger partial charge in [0.25, 0.3) is 0 Å². The van der Waals surface area contributed by atoms with Crippen molar-refractivity contribution in [3.8, 4) is 0 Å². The standard InChI is InChI=1S/C17H21N3OS/c1-11-8-18-14(9-20(11)16(21)17(2)5-6-17)12-3-4-15-13(7-12)19-10-22-15/h3-4,7,10-11,14,18H,5-6,8-9H2,1-2H3/t11-,14-/m1/s1. The Morgan fingerprint density at radius 3 is 3.05 bits per heavy atom. The molecular formula is C17H21N3OS. The molecule has 2 atom stereocenters. The van der Waals surface area contributed by atoms with Crippen LogP contribution in [-0.4, -0.2) is 34.9 Å². The first-order valence-electron chi connectivity index (χ1n) is 7.94. The van der Waals surface area contributed by atoms with E-state index in [4.69, 9.17) is 0 Å². The van der Waals surface area contributed by atoms with Gasteiger partial charge in [-0.25, -0.2) is 4.98 Å². The van der Waals surface area contributed by atoms with E-state index in [1.54, 1.807) is 11.3 Å². The zero-order valence-corrected chi connectivity index (χ0v) is 13.8. The molecule has 1 aliphatic carbocycles. The van der Waals surface area contributed by atoms with Crippen molar-refractivity contribution < 1.29 is 4.79 Å². The van der Waals surface area contributed by atoms with Crippen molar-refractivity contribution in [2.75, 3.05) is 13.1 Å². The summed E-state index contributed by atoms with van der Waals surface area (Å²) in [5.74, 6) is 0.334. The number of fused-ring (bicyclic) bond motifs is 1. The number of hydrogen-bond donors (Lipinski definition) is 1. The lowest BCUT2D eigenvalue weighted by Gasteiger charge is -2.40. The summed E-state index contributed by atoms with van der Waals surface area (Å²) in [7, 11) is 0. The van der Waals surface area contributed by atoms with Gasteiger partial charge in [0.15, 0.2) is 0 Å². The van der Waals surface area contributed by atoms with Crippen LogP contribution in [0.4, 0.5) is 0 Å². The fraction of sp³-hybridized carbons (Fsp3) is 0.529. The molecule has 5 heteroatoms. The summed E-state index contributed by atoms with van der Waals surface area (Å²) in [6.07, 6.45) is 2.08. The third kappa shape index (κ3) is 2.32. The van der Waals surface area contributed by atoms with E-state index in [9.17, 15) is 4.79 Å². The molecule has 1 aromatic heterocycles. The largest absolute Gasteiger partial charge is 0.336 e. The molecule has 4 rings (SSSR count). The fourth-order valence-electron chi connectivity index (χ4n) is 3.21. The molecular weight excluding hydrogens is 294 g/mol. The number of piperazine rings is 1. The van der Waals surface area contributed by atoms with Gasteiger partial charge < -0.3 is 10.2 Å². The highest BCUT2D eigenvalue weighted by Gasteiger charge is 2.48. The molecule has 1 saturated carbocycles. The van der Waals surface area contributed by atoms with Crippen LogP contribution in [0.3, 0.4) is 0 Å². The number of benzene rings is 1. The molecule has 1 saturated heterocycles. The second-order valence-corrected chi connectivity index (χ2v) is 7.79. The van der Waals surface area contributed by atoms with Gasteiger partial charge in [0, 0.05) is 24.5 Å². The predicted molar refractivity (Wildman–Crippen MR) is 88.9 cm³/mol. The molecule has 1 aliphatic heterocycles. The first-order chi connectivity index (χ1) is 10.6. The second kappa shape index (κ2) is 5.03. The van der Waals surface area contributed by atoms with Crippen LogP contribution in [-0.2, 0) is 4.79 Å². The smallest absolute Gasteiger partial charge is 0.228 e. The Morgan fingerprint density at radius 2 is 2.27 bits per heavy atom. The summed E-state index contributed by atoms with van der Waals surface area (Å²) < 4.78 is 1.21. The van der Waals surface area contributed by atoms with Crippen LogP contribution < -0.4 is 5.32 Å². The van der Waals surface area contributed by atoms with Gasteiger partial charge in [-0.15, -0.1) is 11.3 Å². The van der Waals surface area contributed by atoms with E-state index in [1.807, 2.05) is 5.51 Å². The number of amides is 1. The summed E-state index contributed by atoms with van der Waals surface area (Å²) >= 11 is 1.66. The maximum atomic E-state index is 12.7. The number of nitrogens with one attached hydrogen (secondary N) is 1. The van der Waals surface area contributed by atoms with Gasteiger partial charge in [0.2, 0.25) is 5.91 Å². The summed E-state index contributed by atoms with van der Waals surface area (Å²) in [5, 5.41) is 3.58. The van der Waals surface area contributed by atoms with Crippen LogP contribution in [0.2, 0.25) is 0 Å². The molecule has 1 N–H and O–H groups in total. The summed E-state index contributed by atoms with van der Waals surface area (Å²) in [4.78, 5) is 19.2. The third-order valence-electron chi connectivity index (χ3n) is 5.10. The highest BCUT2D eigenvalue weighted by Crippen LogP contribution is 2.47. The van der Waals surface area contributed by atoms with Crippen molar-refractivity contribution in [3.05, 3.63) is 29.3 Å². The molecule has 1 aromatic carbocycles. The number of aromatic nitrogens is 1. The fourth-order valence-corrected chi connectivity index (χ4v) is 3.87. The van der Waals surface area contributed by atoms with Crippen LogP contribution in [0, 0.1) is 5.41 Å². The molecule has 2 heterocycles. The van der Waals surface area contributed by atoms with Crippen molar-refractivity contribution in [1.82, 2.24) is 15.2 Å². The van der Waals surface area contributed by atoms with E-state index in [0.717, 1.165) is 31.4 Å². The van der Waals surface area contributed by atoms with Crippen LogP contribution in [0.1, 0.15) is 38.3 Å². The molecule has 2 fully saturated rings. The minimum absolute atomic E-state index is 0.0883. The third-order valence-corrected chi connectivity index (χ3v) is 5.91. The summed E-state index contributed by atoms with van der Waals surface area (Å²) in [6.45, 7) is 5.84. The number of thiazole rings is 1. The lowest BCUT2D eigenvalue weighted by Crippen LogP contribution is -2.55. The van der Waals surface area contributed by atoms with E-state index in [0.29, 0.717) is 5.91 Å². The molecule has 116 valence electrons. The molecule has 2 aliphatic rings. The highest BCUT2D eigenvalue weighted by molar-refractivity contribution is 7.16. The van der Waals surface area contributed by atoms with Gasteiger partial charge in [0.1, 0.15) is 0 Å². The Morgan fingerprint density at radius 1 is 1.45 bits per heavy atom. The van der Waals surface area contributed by atoms with Crippen LogP contribution in [0.25, 0.3) is 10.2 Å². The maximum Gasteiger partial charge on any atom is 0.228 e. The second-order valence-electron chi connectivity index (χ2n) is 6.91. The monoisotopic (exact) mass is 315 g/mol.